The lowest BCUT2D eigenvalue weighted by Gasteiger charge is -2.06. The van der Waals surface area contributed by atoms with Gasteiger partial charge in [0.1, 0.15) is 17.2 Å². The van der Waals surface area contributed by atoms with Gasteiger partial charge in [-0.15, -0.1) is 0 Å². The van der Waals surface area contributed by atoms with E-state index in [1.807, 2.05) is 48.5 Å². The summed E-state index contributed by atoms with van der Waals surface area (Å²) in [7, 11) is 0. The van der Waals surface area contributed by atoms with Gasteiger partial charge in [-0.3, -0.25) is 4.79 Å². The first kappa shape index (κ1) is 33.4. The number of unbranched alkanes of at least 4 members (excludes halogenated alkanes) is 8. The van der Waals surface area contributed by atoms with Crippen molar-refractivity contribution in [2.45, 2.75) is 78.1 Å². The van der Waals surface area contributed by atoms with Crippen LogP contribution in [0.3, 0.4) is 0 Å². The summed E-state index contributed by atoms with van der Waals surface area (Å²) in [6.07, 6.45) is 18.5. The number of hydrogen-bond donors (Lipinski definition) is 0. The van der Waals surface area contributed by atoms with Gasteiger partial charge in [0.15, 0.2) is 5.78 Å². The Balaban J connectivity index is 1.38. The standard InChI is InChI=1S/C38H46O5/c1-3-5-7-9-10-12-30-42-35-23-15-32(16-24-35)18-28-38(40)43-36-25-19-33(20-26-36)37(39)27-17-31-13-21-34(22-14-31)41-29-11-8-6-4-2/h13-28H,3-12,29-30H2,1-2H3/b27-17+,28-18+. The predicted molar refractivity (Wildman–Crippen MR) is 176 cm³/mol. The Morgan fingerprint density at radius 3 is 1.51 bits per heavy atom. The van der Waals surface area contributed by atoms with Gasteiger partial charge in [-0.05, 0) is 84.7 Å². The van der Waals surface area contributed by atoms with E-state index in [2.05, 4.69) is 13.8 Å². The van der Waals surface area contributed by atoms with Crippen molar-refractivity contribution in [3.05, 3.63) is 102 Å². The van der Waals surface area contributed by atoms with E-state index in [1.54, 1.807) is 36.4 Å². The van der Waals surface area contributed by atoms with Crippen molar-refractivity contribution in [2.75, 3.05) is 13.2 Å². The fraction of sp³-hybridized carbons (Fsp3) is 0.368. The molecule has 0 radical (unpaired) electrons. The number of hydrogen-bond acceptors (Lipinski definition) is 5. The van der Waals surface area contributed by atoms with Crippen molar-refractivity contribution in [3.8, 4) is 17.2 Å². The van der Waals surface area contributed by atoms with Gasteiger partial charge >= 0.3 is 5.97 Å². The Morgan fingerprint density at radius 2 is 0.977 bits per heavy atom. The van der Waals surface area contributed by atoms with Gasteiger partial charge < -0.3 is 14.2 Å². The average molecular weight is 583 g/mol. The predicted octanol–water partition coefficient (Wildman–Crippen LogP) is 9.90. The lowest BCUT2D eigenvalue weighted by atomic mass is 10.1. The molecule has 0 saturated carbocycles. The van der Waals surface area contributed by atoms with Crippen LogP contribution in [0.4, 0.5) is 0 Å². The third kappa shape index (κ3) is 13.6. The zero-order valence-electron chi connectivity index (χ0n) is 25.8. The Hall–Kier alpha value is -4.12. The van der Waals surface area contributed by atoms with Crippen LogP contribution in [0, 0.1) is 0 Å². The number of carbonyl (C=O) groups is 2. The van der Waals surface area contributed by atoms with Crippen molar-refractivity contribution in [1.82, 2.24) is 0 Å². The molecule has 43 heavy (non-hydrogen) atoms. The van der Waals surface area contributed by atoms with Gasteiger partial charge in [-0.2, -0.15) is 0 Å². The quantitative estimate of drug-likeness (QED) is 0.0436. The Morgan fingerprint density at radius 1 is 0.535 bits per heavy atom. The lowest BCUT2D eigenvalue weighted by Crippen LogP contribution is -2.04. The number of ether oxygens (including phenoxy) is 3. The van der Waals surface area contributed by atoms with E-state index < -0.39 is 5.97 Å². The zero-order valence-corrected chi connectivity index (χ0v) is 25.8. The molecule has 0 saturated heterocycles. The van der Waals surface area contributed by atoms with Crippen molar-refractivity contribution in [3.63, 3.8) is 0 Å². The summed E-state index contributed by atoms with van der Waals surface area (Å²) in [5, 5.41) is 0. The van der Waals surface area contributed by atoms with Crippen molar-refractivity contribution >= 4 is 23.9 Å². The minimum absolute atomic E-state index is 0.131. The van der Waals surface area contributed by atoms with E-state index in [0.29, 0.717) is 11.3 Å². The molecule has 5 heteroatoms. The fourth-order valence-corrected chi connectivity index (χ4v) is 4.41. The van der Waals surface area contributed by atoms with E-state index in [-0.39, 0.29) is 5.78 Å². The normalized spacial score (nSPS) is 11.2. The van der Waals surface area contributed by atoms with E-state index in [9.17, 15) is 9.59 Å². The van der Waals surface area contributed by atoms with Crippen molar-refractivity contribution in [1.29, 1.82) is 0 Å². The van der Waals surface area contributed by atoms with Gasteiger partial charge in [-0.1, -0.05) is 95.6 Å². The smallest absolute Gasteiger partial charge is 0.336 e. The highest BCUT2D eigenvalue weighted by atomic mass is 16.5. The molecule has 3 aromatic rings. The van der Waals surface area contributed by atoms with Crippen molar-refractivity contribution < 1.29 is 23.8 Å². The minimum atomic E-state index is -0.490. The second-order valence-electron chi connectivity index (χ2n) is 10.6. The van der Waals surface area contributed by atoms with Crippen LogP contribution in [-0.2, 0) is 4.79 Å². The summed E-state index contributed by atoms with van der Waals surface area (Å²) in [5.74, 6) is 1.42. The van der Waals surface area contributed by atoms with Crippen LogP contribution in [0.1, 0.15) is 99.5 Å². The number of rotatable bonds is 20. The monoisotopic (exact) mass is 582 g/mol. The SMILES string of the molecule is CCCCCCCCOc1ccc(/C=C/C(=O)Oc2ccc(C(=O)/C=C/c3ccc(OCCCCCC)cc3)cc2)cc1. The topological polar surface area (TPSA) is 61.8 Å². The highest BCUT2D eigenvalue weighted by Crippen LogP contribution is 2.18. The number of esters is 1. The molecule has 0 heterocycles. The van der Waals surface area contributed by atoms with Crippen LogP contribution < -0.4 is 14.2 Å². The van der Waals surface area contributed by atoms with Crippen molar-refractivity contribution in [2.24, 2.45) is 0 Å². The average Bonchev–Trinajstić information content (AvgIpc) is 3.03. The third-order valence-electron chi connectivity index (χ3n) is 6.99. The number of ketones is 1. The first-order valence-corrected chi connectivity index (χ1v) is 15.8. The molecule has 0 aliphatic heterocycles. The van der Waals surface area contributed by atoms with Gasteiger partial charge in [-0.25, -0.2) is 4.79 Å². The summed E-state index contributed by atoms with van der Waals surface area (Å²) in [4.78, 5) is 24.9. The molecule has 0 spiro atoms. The van der Waals surface area contributed by atoms with E-state index >= 15 is 0 Å². The summed E-state index contributed by atoms with van der Waals surface area (Å²) in [6, 6.07) is 21.9. The molecule has 0 fully saturated rings. The van der Waals surface area contributed by atoms with Gasteiger partial charge in [0, 0.05) is 11.6 Å². The molecule has 3 rings (SSSR count). The Labute approximate surface area is 257 Å². The Kier molecular flexibility index (Phi) is 15.5. The van der Waals surface area contributed by atoms with Crippen LogP contribution in [0.2, 0.25) is 0 Å². The zero-order chi connectivity index (χ0) is 30.5. The maximum absolute atomic E-state index is 12.6. The highest BCUT2D eigenvalue weighted by molar-refractivity contribution is 6.06. The largest absolute Gasteiger partial charge is 0.494 e. The molecular formula is C38H46O5. The summed E-state index contributed by atoms with van der Waals surface area (Å²) in [5.41, 5.74) is 2.30. The first-order chi connectivity index (χ1) is 21.1. The van der Waals surface area contributed by atoms with Gasteiger partial charge in [0.2, 0.25) is 0 Å². The molecular weight excluding hydrogens is 536 g/mol. The molecule has 0 N–H and O–H groups in total. The highest BCUT2D eigenvalue weighted by Gasteiger charge is 2.05. The Bertz CT molecular complexity index is 1270. The number of allylic oxidation sites excluding steroid dienone is 1. The molecule has 0 unspecified atom stereocenters. The van der Waals surface area contributed by atoms with Crippen LogP contribution in [-0.4, -0.2) is 25.0 Å². The van der Waals surface area contributed by atoms with Crippen LogP contribution in [0.15, 0.2) is 84.9 Å². The third-order valence-corrected chi connectivity index (χ3v) is 6.99. The van der Waals surface area contributed by atoms with E-state index in [0.717, 1.165) is 48.7 Å². The molecule has 0 atom stereocenters. The van der Waals surface area contributed by atoms with Gasteiger partial charge in [0.25, 0.3) is 0 Å². The molecule has 3 aromatic carbocycles. The summed E-state index contributed by atoms with van der Waals surface area (Å²) < 4.78 is 17.0. The van der Waals surface area contributed by atoms with E-state index in [4.69, 9.17) is 14.2 Å². The minimum Gasteiger partial charge on any atom is -0.494 e. The summed E-state index contributed by atoms with van der Waals surface area (Å²) in [6.45, 7) is 5.86. The second kappa shape index (κ2) is 19.9. The molecule has 0 aliphatic rings. The summed E-state index contributed by atoms with van der Waals surface area (Å²) >= 11 is 0. The molecule has 0 aromatic heterocycles. The maximum Gasteiger partial charge on any atom is 0.336 e. The second-order valence-corrected chi connectivity index (χ2v) is 10.6. The molecule has 0 bridgehead atoms. The van der Waals surface area contributed by atoms with Crippen LogP contribution >= 0.6 is 0 Å². The molecule has 0 aliphatic carbocycles. The van der Waals surface area contributed by atoms with Crippen LogP contribution in [0.25, 0.3) is 12.2 Å². The maximum atomic E-state index is 12.6. The number of carbonyl (C=O) groups excluding carboxylic acids is 2. The lowest BCUT2D eigenvalue weighted by molar-refractivity contribution is -0.128. The molecule has 228 valence electrons. The van der Waals surface area contributed by atoms with E-state index in [1.165, 1.54) is 63.5 Å². The number of benzene rings is 3. The van der Waals surface area contributed by atoms with Gasteiger partial charge in [0.05, 0.1) is 13.2 Å². The molecule has 0 amide bonds. The molecule has 5 nitrogen and oxygen atoms in total. The fourth-order valence-electron chi connectivity index (χ4n) is 4.41. The first-order valence-electron chi connectivity index (χ1n) is 15.8. The van der Waals surface area contributed by atoms with Crippen LogP contribution in [0.5, 0.6) is 17.2 Å².